The van der Waals surface area contributed by atoms with Gasteiger partial charge in [-0.05, 0) is 18.7 Å². The summed E-state index contributed by atoms with van der Waals surface area (Å²) in [6.07, 6.45) is 5.03. The zero-order chi connectivity index (χ0) is 14.5. The average Bonchev–Trinajstić information content (AvgIpc) is 2.53. The van der Waals surface area contributed by atoms with Gasteiger partial charge in [0.05, 0.1) is 23.6 Å². The van der Waals surface area contributed by atoms with E-state index in [9.17, 15) is 0 Å². The van der Waals surface area contributed by atoms with Crippen molar-refractivity contribution in [2.24, 2.45) is 0 Å². The standard InChI is InChI=1S/C16H16N4O/c1-2-17-8-13-9-18-11-16(20-13)21-14-7-12-5-3-4-6-15(12)19-10-14/h3-7,9-11,17H,2,8H2,1H3. The maximum absolute atomic E-state index is 5.74. The van der Waals surface area contributed by atoms with E-state index in [2.05, 4.69) is 27.2 Å². The van der Waals surface area contributed by atoms with Crippen LogP contribution in [0.1, 0.15) is 12.6 Å². The zero-order valence-corrected chi connectivity index (χ0v) is 11.8. The molecule has 3 rings (SSSR count). The summed E-state index contributed by atoms with van der Waals surface area (Å²) in [5, 5.41) is 4.24. The van der Waals surface area contributed by atoms with Gasteiger partial charge in [-0.25, -0.2) is 4.98 Å². The Morgan fingerprint density at radius 3 is 2.95 bits per heavy atom. The molecular formula is C16H16N4O. The van der Waals surface area contributed by atoms with E-state index in [1.54, 1.807) is 18.6 Å². The predicted molar refractivity (Wildman–Crippen MR) is 81.2 cm³/mol. The van der Waals surface area contributed by atoms with Gasteiger partial charge in [-0.2, -0.15) is 0 Å². The van der Waals surface area contributed by atoms with Crippen LogP contribution in [0, 0.1) is 0 Å². The van der Waals surface area contributed by atoms with Gasteiger partial charge in [0.15, 0.2) is 0 Å². The predicted octanol–water partition coefficient (Wildman–Crippen LogP) is 2.93. The van der Waals surface area contributed by atoms with Gasteiger partial charge in [-0.3, -0.25) is 9.97 Å². The van der Waals surface area contributed by atoms with Crippen molar-refractivity contribution in [1.82, 2.24) is 20.3 Å². The average molecular weight is 280 g/mol. The molecule has 0 atom stereocenters. The Kier molecular flexibility index (Phi) is 4.02. The molecule has 0 bridgehead atoms. The summed E-state index contributed by atoms with van der Waals surface area (Å²) in [6.45, 7) is 3.62. The van der Waals surface area contributed by atoms with Crippen LogP contribution in [0.25, 0.3) is 10.9 Å². The minimum absolute atomic E-state index is 0.475. The summed E-state index contributed by atoms with van der Waals surface area (Å²) < 4.78 is 5.74. The molecule has 0 aliphatic rings. The lowest BCUT2D eigenvalue weighted by Crippen LogP contribution is -2.13. The van der Waals surface area contributed by atoms with Crippen LogP contribution < -0.4 is 10.1 Å². The van der Waals surface area contributed by atoms with E-state index >= 15 is 0 Å². The fourth-order valence-corrected chi connectivity index (χ4v) is 2.00. The van der Waals surface area contributed by atoms with Crippen LogP contribution in [-0.4, -0.2) is 21.5 Å². The van der Waals surface area contributed by atoms with Gasteiger partial charge in [0.2, 0.25) is 5.88 Å². The molecule has 0 radical (unpaired) electrons. The Bertz CT molecular complexity index is 745. The number of rotatable bonds is 5. The van der Waals surface area contributed by atoms with Crippen molar-refractivity contribution in [2.45, 2.75) is 13.5 Å². The Morgan fingerprint density at radius 2 is 2.05 bits per heavy atom. The Morgan fingerprint density at radius 1 is 1.14 bits per heavy atom. The molecule has 0 spiro atoms. The number of nitrogens with one attached hydrogen (secondary N) is 1. The summed E-state index contributed by atoms with van der Waals surface area (Å²) in [5.74, 6) is 1.13. The van der Waals surface area contributed by atoms with Crippen molar-refractivity contribution < 1.29 is 4.74 Å². The largest absolute Gasteiger partial charge is 0.436 e. The topological polar surface area (TPSA) is 59.9 Å². The number of pyridine rings is 1. The lowest BCUT2D eigenvalue weighted by molar-refractivity contribution is 0.455. The number of hydrogen-bond acceptors (Lipinski definition) is 5. The molecule has 1 aromatic carbocycles. The summed E-state index contributed by atoms with van der Waals surface area (Å²) in [4.78, 5) is 12.9. The number of para-hydroxylation sites is 1. The van der Waals surface area contributed by atoms with E-state index < -0.39 is 0 Å². The second kappa shape index (κ2) is 6.28. The molecule has 0 unspecified atom stereocenters. The lowest BCUT2D eigenvalue weighted by atomic mass is 10.2. The molecule has 0 amide bonds. The van der Waals surface area contributed by atoms with Gasteiger partial charge in [0.25, 0.3) is 0 Å². The van der Waals surface area contributed by atoms with Gasteiger partial charge in [-0.1, -0.05) is 25.1 Å². The third-order valence-corrected chi connectivity index (χ3v) is 3.01. The number of ether oxygens (including phenoxy) is 1. The summed E-state index contributed by atoms with van der Waals surface area (Å²) in [5.41, 5.74) is 1.79. The molecule has 0 saturated heterocycles. The first kappa shape index (κ1) is 13.5. The lowest BCUT2D eigenvalue weighted by Gasteiger charge is -2.07. The number of fused-ring (bicyclic) bond motifs is 1. The van der Waals surface area contributed by atoms with Crippen molar-refractivity contribution >= 4 is 10.9 Å². The Hall–Kier alpha value is -2.53. The summed E-state index contributed by atoms with van der Waals surface area (Å²) in [6, 6.07) is 9.86. The molecule has 0 aliphatic heterocycles. The highest BCUT2D eigenvalue weighted by atomic mass is 16.5. The van der Waals surface area contributed by atoms with Gasteiger partial charge >= 0.3 is 0 Å². The van der Waals surface area contributed by atoms with Crippen molar-refractivity contribution in [3.8, 4) is 11.6 Å². The first-order valence-corrected chi connectivity index (χ1v) is 6.89. The summed E-state index contributed by atoms with van der Waals surface area (Å²) in [7, 11) is 0. The van der Waals surface area contributed by atoms with E-state index in [0.717, 1.165) is 23.1 Å². The molecule has 2 aromatic heterocycles. The molecule has 0 saturated carbocycles. The smallest absolute Gasteiger partial charge is 0.238 e. The zero-order valence-electron chi connectivity index (χ0n) is 11.8. The highest BCUT2D eigenvalue weighted by Crippen LogP contribution is 2.22. The Balaban J connectivity index is 1.81. The quantitative estimate of drug-likeness (QED) is 0.778. The Labute approximate surface area is 123 Å². The van der Waals surface area contributed by atoms with Crippen molar-refractivity contribution in [3.63, 3.8) is 0 Å². The van der Waals surface area contributed by atoms with Crippen LogP contribution >= 0.6 is 0 Å². The van der Waals surface area contributed by atoms with Crippen LogP contribution in [0.4, 0.5) is 0 Å². The second-order valence-corrected chi connectivity index (χ2v) is 4.59. The molecule has 21 heavy (non-hydrogen) atoms. The highest BCUT2D eigenvalue weighted by Gasteiger charge is 2.03. The van der Waals surface area contributed by atoms with Crippen molar-refractivity contribution in [3.05, 3.63) is 54.6 Å². The fraction of sp³-hybridized carbons (Fsp3) is 0.188. The number of hydrogen-bond donors (Lipinski definition) is 1. The first-order valence-electron chi connectivity index (χ1n) is 6.89. The van der Waals surface area contributed by atoms with Crippen LogP contribution in [0.3, 0.4) is 0 Å². The minimum Gasteiger partial charge on any atom is -0.436 e. The third kappa shape index (κ3) is 3.32. The van der Waals surface area contributed by atoms with Crippen molar-refractivity contribution in [1.29, 1.82) is 0 Å². The molecule has 5 nitrogen and oxygen atoms in total. The van der Waals surface area contributed by atoms with E-state index in [4.69, 9.17) is 4.74 Å². The number of nitrogens with zero attached hydrogens (tertiary/aromatic N) is 3. The van der Waals surface area contributed by atoms with E-state index in [-0.39, 0.29) is 0 Å². The monoisotopic (exact) mass is 280 g/mol. The van der Waals surface area contributed by atoms with Crippen LogP contribution in [0.5, 0.6) is 11.6 Å². The normalized spacial score (nSPS) is 10.7. The molecule has 3 aromatic rings. The van der Waals surface area contributed by atoms with Gasteiger partial charge in [0.1, 0.15) is 5.75 Å². The fourth-order valence-electron chi connectivity index (χ4n) is 2.00. The molecule has 5 heteroatoms. The first-order chi connectivity index (χ1) is 10.3. The van der Waals surface area contributed by atoms with Crippen LogP contribution in [0.15, 0.2) is 48.9 Å². The summed E-state index contributed by atoms with van der Waals surface area (Å²) >= 11 is 0. The molecule has 0 fully saturated rings. The molecule has 1 N–H and O–H groups in total. The number of aromatic nitrogens is 3. The molecule has 0 aliphatic carbocycles. The minimum atomic E-state index is 0.475. The number of benzene rings is 1. The van der Waals surface area contributed by atoms with Gasteiger partial charge in [-0.15, -0.1) is 0 Å². The second-order valence-electron chi connectivity index (χ2n) is 4.59. The SMILES string of the molecule is CCNCc1cncc(Oc2cnc3ccccc3c2)n1. The molecule has 2 heterocycles. The van der Waals surface area contributed by atoms with Gasteiger partial charge < -0.3 is 10.1 Å². The van der Waals surface area contributed by atoms with Crippen LogP contribution in [-0.2, 0) is 6.54 Å². The maximum atomic E-state index is 5.74. The highest BCUT2D eigenvalue weighted by molar-refractivity contribution is 5.79. The third-order valence-electron chi connectivity index (χ3n) is 3.01. The van der Waals surface area contributed by atoms with Gasteiger partial charge in [0, 0.05) is 18.1 Å². The molecular weight excluding hydrogens is 264 g/mol. The van der Waals surface area contributed by atoms with Crippen molar-refractivity contribution in [2.75, 3.05) is 6.54 Å². The van der Waals surface area contributed by atoms with E-state index in [0.29, 0.717) is 18.2 Å². The van der Waals surface area contributed by atoms with E-state index in [1.165, 1.54) is 0 Å². The van der Waals surface area contributed by atoms with Crippen LogP contribution in [0.2, 0.25) is 0 Å². The van der Waals surface area contributed by atoms with E-state index in [1.807, 2.05) is 30.3 Å². The maximum Gasteiger partial charge on any atom is 0.238 e. The molecule has 106 valence electrons.